The minimum atomic E-state index is -0.772. The van der Waals surface area contributed by atoms with Gasteiger partial charge in [0.1, 0.15) is 11.5 Å². The second kappa shape index (κ2) is 11.6. The molecule has 0 saturated heterocycles. The topological polar surface area (TPSA) is 133 Å². The molecule has 0 radical (unpaired) electrons. The Hall–Kier alpha value is -3.95. The van der Waals surface area contributed by atoms with Gasteiger partial charge < -0.3 is 19.0 Å². The van der Waals surface area contributed by atoms with Crippen LogP contribution in [0.25, 0.3) is 11.0 Å². The SMILES string of the molecule is CCCCn1c(=O)c(CCC(=O)OCC(=O)NC(=O)NCc2ccco2)nc2ccccc21. The first-order valence-electron chi connectivity index (χ1n) is 10.7. The number of nitrogens with zero attached hydrogens (tertiary/aromatic N) is 2. The number of aromatic nitrogens is 2. The van der Waals surface area contributed by atoms with Gasteiger partial charge in [-0.05, 0) is 30.7 Å². The number of imide groups is 1. The number of carbonyl (C=O) groups is 3. The van der Waals surface area contributed by atoms with Gasteiger partial charge in [-0.15, -0.1) is 0 Å². The van der Waals surface area contributed by atoms with E-state index in [9.17, 15) is 19.2 Å². The van der Waals surface area contributed by atoms with Crippen LogP contribution in [0.4, 0.5) is 4.79 Å². The summed E-state index contributed by atoms with van der Waals surface area (Å²) in [7, 11) is 0. The van der Waals surface area contributed by atoms with Gasteiger partial charge in [-0.2, -0.15) is 0 Å². The summed E-state index contributed by atoms with van der Waals surface area (Å²) in [5.74, 6) is -0.915. The average molecular weight is 454 g/mol. The number of amides is 3. The summed E-state index contributed by atoms with van der Waals surface area (Å²) in [6, 6.07) is 9.97. The molecule has 0 unspecified atom stereocenters. The Labute approximate surface area is 189 Å². The molecule has 174 valence electrons. The summed E-state index contributed by atoms with van der Waals surface area (Å²) in [6.07, 6.45) is 3.22. The summed E-state index contributed by atoms with van der Waals surface area (Å²) >= 11 is 0. The van der Waals surface area contributed by atoms with Gasteiger partial charge in [0.15, 0.2) is 6.61 Å². The largest absolute Gasteiger partial charge is 0.467 e. The van der Waals surface area contributed by atoms with Crippen LogP contribution in [-0.4, -0.2) is 34.1 Å². The molecule has 10 nitrogen and oxygen atoms in total. The van der Waals surface area contributed by atoms with Crippen LogP contribution in [0.3, 0.4) is 0 Å². The monoisotopic (exact) mass is 454 g/mol. The normalized spacial score (nSPS) is 10.7. The fourth-order valence-electron chi connectivity index (χ4n) is 3.17. The second-order valence-electron chi connectivity index (χ2n) is 7.33. The maximum Gasteiger partial charge on any atom is 0.321 e. The third-order valence-electron chi connectivity index (χ3n) is 4.84. The van der Waals surface area contributed by atoms with E-state index in [4.69, 9.17) is 9.15 Å². The number of rotatable bonds is 10. The van der Waals surface area contributed by atoms with Crippen LogP contribution in [0.5, 0.6) is 0 Å². The first-order chi connectivity index (χ1) is 16.0. The summed E-state index contributed by atoms with van der Waals surface area (Å²) in [5, 5.41) is 4.49. The standard InChI is InChI=1S/C23H26N4O6/c1-2-3-12-27-19-9-5-4-8-17(19)25-18(22(27)30)10-11-21(29)33-15-20(28)26-23(31)24-14-16-7-6-13-32-16/h4-9,13H,2-3,10-12,14-15H2,1H3,(H2,24,26,28,31). The third-order valence-corrected chi connectivity index (χ3v) is 4.84. The average Bonchev–Trinajstić information content (AvgIpc) is 3.33. The van der Waals surface area contributed by atoms with E-state index < -0.39 is 24.5 Å². The molecule has 0 fully saturated rings. The Kier molecular flexibility index (Phi) is 8.34. The molecule has 0 aliphatic heterocycles. The van der Waals surface area contributed by atoms with Crippen molar-refractivity contribution in [3.63, 3.8) is 0 Å². The number of furan rings is 1. The van der Waals surface area contributed by atoms with E-state index in [0.717, 1.165) is 18.4 Å². The highest BCUT2D eigenvalue weighted by molar-refractivity contribution is 5.95. The lowest BCUT2D eigenvalue weighted by molar-refractivity contribution is -0.148. The minimum Gasteiger partial charge on any atom is -0.467 e. The van der Waals surface area contributed by atoms with Crippen molar-refractivity contribution in [1.82, 2.24) is 20.2 Å². The number of fused-ring (bicyclic) bond motifs is 1. The number of hydrogen-bond acceptors (Lipinski definition) is 7. The second-order valence-corrected chi connectivity index (χ2v) is 7.33. The minimum absolute atomic E-state index is 0.0832. The summed E-state index contributed by atoms with van der Waals surface area (Å²) in [5.41, 5.74) is 1.46. The number of esters is 1. The summed E-state index contributed by atoms with van der Waals surface area (Å²) < 4.78 is 11.7. The molecule has 2 N–H and O–H groups in total. The molecular weight excluding hydrogens is 428 g/mol. The number of para-hydroxylation sites is 2. The van der Waals surface area contributed by atoms with Crippen LogP contribution in [0.1, 0.15) is 37.6 Å². The molecule has 3 rings (SSSR count). The number of benzene rings is 1. The lowest BCUT2D eigenvalue weighted by Gasteiger charge is -2.12. The molecule has 0 saturated carbocycles. The maximum atomic E-state index is 12.9. The smallest absolute Gasteiger partial charge is 0.321 e. The molecule has 0 aliphatic carbocycles. The van der Waals surface area contributed by atoms with E-state index in [1.165, 1.54) is 6.26 Å². The fraction of sp³-hybridized carbons (Fsp3) is 0.348. The number of aryl methyl sites for hydroxylation is 2. The molecule has 0 bridgehead atoms. The molecule has 3 amide bonds. The fourth-order valence-corrected chi connectivity index (χ4v) is 3.17. The van der Waals surface area contributed by atoms with Crippen molar-refractivity contribution < 1.29 is 23.5 Å². The van der Waals surface area contributed by atoms with Crippen LogP contribution < -0.4 is 16.2 Å². The zero-order valence-electron chi connectivity index (χ0n) is 18.3. The molecule has 33 heavy (non-hydrogen) atoms. The Morgan fingerprint density at radius 2 is 1.97 bits per heavy atom. The summed E-state index contributed by atoms with van der Waals surface area (Å²) in [6.45, 7) is 2.11. The van der Waals surface area contributed by atoms with Crippen molar-refractivity contribution in [1.29, 1.82) is 0 Å². The van der Waals surface area contributed by atoms with Crippen molar-refractivity contribution in [3.05, 3.63) is 64.5 Å². The molecule has 2 heterocycles. The predicted octanol–water partition coefficient (Wildman–Crippen LogP) is 2.29. The van der Waals surface area contributed by atoms with Gasteiger partial charge in [-0.25, -0.2) is 9.78 Å². The van der Waals surface area contributed by atoms with E-state index in [2.05, 4.69) is 15.6 Å². The Bertz CT molecular complexity index is 1170. The van der Waals surface area contributed by atoms with Gasteiger partial charge in [0, 0.05) is 13.0 Å². The van der Waals surface area contributed by atoms with Crippen LogP contribution in [0, 0.1) is 0 Å². The number of carbonyl (C=O) groups excluding carboxylic acids is 3. The molecule has 10 heteroatoms. The van der Waals surface area contributed by atoms with Gasteiger partial charge in [-0.3, -0.25) is 19.7 Å². The molecule has 2 aromatic heterocycles. The quantitative estimate of drug-likeness (QED) is 0.449. The van der Waals surface area contributed by atoms with Gasteiger partial charge >= 0.3 is 12.0 Å². The van der Waals surface area contributed by atoms with Gasteiger partial charge in [0.2, 0.25) is 0 Å². The van der Waals surface area contributed by atoms with Crippen LogP contribution >= 0.6 is 0 Å². The Morgan fingerprint density at radius 1 is 1.15 bits per heavy atom. The van der Waals surface area contributed by atoms with E-state index in [-0.39, 0.29) is 30.6 Å². The third kappa shape index (κ3) is 6.76. The lowest BCUT2D eigenvalue weighted by atomic mass is 10.2. The van der Waals surface area contributed by atoms with Gasteiger partial charge in [0.25, 0.3) is 11.5 Å². The van der Waals surface area contributed by atoms with Crippen molar-refractivity contribution >= 4 is 28.9 Å². The number of urea groups is 1. The van der Waals surface area contributed by atoms with Gasteiger partial charge in [0.05, 0.1) is 30.3 Å². The van der Waals surface area contributed by atoms with Crippen molar-refractivity contribution in [3.8, 4) is 0 Å². The van der Waals surface area contributed by atoms with E-state index in [0.29, 0.717) is 17.8 Å². The van der Waals surface area contributed by atoms with Crippen LogP contribution in [0.2, 0.25) is 0 Å². The van der Waals surface area contributed by atoms with E-state index in [1.54, 1.807) is 16.7 Å². The highest BCUT2D eigenvalue weighted by Gasteiger charge is 2.15. The highest BCUT2D eigenvalue weighted by atomic mass is 16.5. The van der Waals surface area contributed by atoms with Crippen molar-refractivity contribution in [2.24, 2.45) is 0 Å². The first kappa shape index (κ1) is 23.7. The number of nitrogens with one attached hydrogen (secondary N) is 2. The van der Waals surface area contributed by atoms with E-state index >= 15 is 0 Å². The lowest BCUT2D eigenvalue weighted by Crippen LogP contribution is -2.41. The maximum absolute atomic E-state index is 12.9. The summed E-state index contributed by atoms with van der Waals surface area (Å²) in [4.78, 5) is 52.8. The zero-order valence-corrected chi connectivity index (χ0v) is 18.3. The molecule has 1 aromatic carbocycles. The molecular formula is C23H26N4O6. The molecule has 0 spiro atoms. The zero-order chi connectivity index (χ0) is 23.6. The Morgan fingerprint density at radius 3 is 2.73 bits per heavy atom. The molecule has 0 atom stereocenters. The molecule has 3 aromatic rings. The highest BCUT2D eigenvalue weighted by Crippen LogP contribution is 2.12. The number of ether oxygens (including phenoxy) is 1. The van der Waals surface area contributed by atoms with Crippen molar-refractivity contribution in [2.75, 3.05) is 6.61 Å². The molecule has 0 aliphatic rings. The van der Waals surface area contributed by atoms with Crippen LogP contribution in [-0.2, 0) is 33.8 Å². The predicted molar refractivity (Wildman–Crippen MR) is 119 cm³/mol. The number of hydrogen-bond donors (Lipinski definition) is 2. The van der Waals surface area contributed by atoms with Crippen molar-refractivity contribution in [2.45, 2.75) is 45.7 Å². The van der Waals surface area contributed by atoms with E-state index in [1.807, 2.05) is 31.2 Å². The Balaban J connectivity index is 1.50. The van der Waals surface area contributed by atoms with Gasteiger partial charge in [-0.1, -0.05) is 25.5 Å². The first-order valence-corrected chi connectivity index (χ1v) is 10.7. The number of unbranched alkanes of at least 4 members (excludes halogenated alkanes) is 1. The van der Waals surface area contributed by atoms with Crippen LogP contribution in [0.15, 0.2) is 51.9 Å².